The van der Waals surface area contributed by atoms with E-state index in [1.54, 1.807) is 32.5 Å². The van der Waals surface area contributed by atoms with Crippen LogP contribution in [0.15, 0.2) is 11.4 Å². The van der Waals surface area contributed by atoms with Crippen molar-refractivity contribution in [3.8, 4) is 11.8 Å². The van der Waals surface area contributed by atoms with E-state index in [0.717, 1.165) is 4.88 Å². The molecular weight excluding hydrogens is 276 g/mol. The molecular formula is C14H18N2O3S. The summed E-state index contributed by atoms with van der Waals surface area (Å²) in [7, 11) is 3.29. The molecule has 0 saturated carbocycles. The van der Waals surface area contributed by atoms with Gasteiger partial charge in [-0.05, 0) is 13.0 Å². The molecule has 0 bridgehead atoms. The van der Waals surface area contributed by atoms with Gasteiger partial charge in [0.25, 0.3) is 5.91 Å². The largest absolute Gasteiger partial charge is 0.395 e. The third-order valence-electron chi connectivity index (χ3n) is 2.47. The number of thiophene rings is 1. The Morgan fingerprint density at radius 3 is 2.80 bits per heavy atom. The van der Waals surface area contributed by atoms with Gasteiger partial charge < -0.3 is 15.3 Å². The molecule has 0 spiro atoms. The summed E-state index contributed by atoms with van der Waals surface area (Å²) in [4.78, 5) is 25.8. The first-order chi connectivity index (χ1) is 9.45. The van der Waals surface area contributed by atoms with E-state index in [0.29, 0.717) is 12.0 Å². The van der Waals surface area contributed by atoms with Crippen molar-refractivity contribution in [2.24, 2.45) is 0 Å². The van der Waals surface area contributed by atoms with Crippen LogP contribution in [0.4, 0.5) is 0 Å². The zero-order valence-corrected chi connectivity index (χ0v) is 12.6. The fourth-order valence-corrected chi connectivity index (χ4v) is 2.21. The molecule has 0 aliphatic rings. The second kappa shape index (κ2) is 7.68. The van der Waals surface area contributed by atoms with Crippen LogP contribution in [0, 0.1) is 11.8 Å². The molecule has 1 unspecified atom stereocenters. The Morgan fingerprint density at radius 2 is 2.20 bits per heavy atom. The standard InChI is InChI=1S/C14H18N2O3S/c1-10(14(19)16(2)3)15-13(18)11-8-12(20-9-11)6-4-5-7-17/h8-10,17H,5,7H2,1-3H3,(H,15,18). The number of nitrogens with zero attached hydrogens (tertiary/aromatic N) is 1. The first kappa shape index (κ1) is 16.2. The third kappa shape index (κ3) is 4.68. The Labute approximate surface area is 122 Å². The second-order valence-electron chi connectivity index (χ2n) is 4.40. The summed E-state index contributed by atoms with van der Waals surface area (Å²) in [5.41, 5.74) is 0.488. The first-order valence-corrected chi connectivity index (χ1v) is 7.04. The SMILES string of the molecule is CC(NC(=O)c1csc(C#CCCO)c1)C(=O)N(C)C. The number of hydrogen-bond acceptors (Lipinski definition) is 4. The minimum absolute atomic E-state index is 0.0237. The van der Waals surface area contributed by atoms with Crippen molar-refractivity contribution in [1.82, 2.24) is 10.2 Å². The fraction of sp³-hybridized carbons (Fsp3) is 0.429. The van der Waals surface area contributed by atoms with E-state index in [4.69, 9.17) is 5.11 Å². The normalized spacial score (nSPS) is 11.2. The van der Waals surface area contributed by atoms with Gasteiger partial charge in [-0.15, -0.1) is 11.3 Å². The molecule has 0 saturated heterocycles. The molecule has 6 heteroatoms. The second-order valence-corrected chi connectivity index (χ2v) is 5.31. The molecule has 2 amide bonds. The van der Waals surface area contributed by atoms with E-state index in [1.165, 1.54) is 16.2 Å². The Balaban J connectivity index is 2.65. The summed E-state index contributed by atoms with van der Waals surface area (Å²) < 4.78 is 0. The Morgan fingerprint density at radius 1 is 1.50 bits per heavy atom. The van der Waals surface area contributed by atoms with Crippen LogP contribution >= 0.6 is 11.3 Å². The van der Waals surface area contributed by atoms with Gasteiger partial charge in [0.15, 0.2) is 0 Å². The summed E-state index contributed by atoms with van der Waals surface area (Å²) in [5.74, 6) is 5.22. The molecule has 0 aliphatic heterocycles. The van der Waals surface area contributed by atoms with Crippen LogP contribution in [-0.4, -0.2) is 48.6 Å². The van der Waals surface area contributed by atoms with Crippen molar-refractivity contribution in [2.45, 2.75) is 19.4 Å². The zero-order valence-electron chi connectivity index (χ0n) is 11.8. The van der Waals surface area contributed by atoms with Gasteiger partial charge in [-0.1, -0.05) is 11.8 Å². The quantitative estimate of drug-likeness (QED) is 0.803. The molecule has 1 heterocycles. The minimum Gasteiger partial charge on any atom is -0.395 e. The van der Waals surface area contributed by atoms with Gasteiger partial charge in [0.2, 0.25) is 5.91 Å². The number of amides is 2. The molecule has 20 heavy (non-hydrogen) atoms. The van der Waals surface area contributed by atoms with Gasteiger partial charge >= 0.3 is 0 Å². The number of hydrogen-bond donors (Lipinski definition) is 2. The third-order valence-corrected chi connectivity index (χ3v) is 3.31. The average molecular weight is 294 g/mol. The molecule has 2 N–H and O–H groups in total. The summed E-state index contributed by atoms with van der Waals surface area (Å²) in [6.07, 6.45) is 0.411. The Kier molecular flexibility index (Phi) is 6.22. The molecule has 1 atom stereocenters. The number of nitrogens with one attached hydrogen (secondary N) is 1. The maximum Gasteiger partial charge on any atom is 0.252 e. The van der Waals surface area contributed by atoms with Crippen LogP contribution in [0.3, 0.4) is 0 Å². The van der Waals surface area contributed by atoms with Crippen molar-refractivity contribution in [3.05, 3.63) is 21.9 Å². The lowest BCUT2D eigenvalue weighted by Crippen LogP contribution is -2.44. The van der Waals surface area contributed by atoms with Crippen LogP contribution in [0.25, 0.3) is 0 Å². The van der Waals surface area contributed by atoms with E-state index in [2.05, 4.69) is 17.2 Å². The van der Waals surface area contributed by atoms with Crippen LogP contribution in [-0.2, 0) is 4.79 Å². The summed E-state index contributed by atoms with van der Waals surface area (Å²) in [5, 5.41) is 13.0. The van der Waals surface area contributed by atoms with Gasteiger partial charge in [-0.2, -0.15) is 0 Å². The summed E-state index contributed by atoms with van der Waals surface area (Å²) >= 11 is 1.36. The monoisotopic (exact) mass is 294 g/mol. The topological polar surface area (TPSA) is 69.6 Å². The van der Waals surface area contributed by atoms with Gasteiger partial charge in [0, 0.05) is 25.9 Å². The van der Waals surface area contributed by atoms with E-state index in [9.17, 15) is 9.59 Å². The maximum absolute atomic E-state index is 12.0. The van der Waals surface area contributed by atoms with E-state index in [-0.39, 0.29) is 18.4 Å². The van der Waals surface area contributed by atoms with Crippen molar-refractivity contribution < 1.29 is 14.7 Å². The van der Waals surface area contributed by atoms with Gasteiger partial charge in [0.05, 0.1) is 17.0 Å². The number of aliphatic hydroxyl groups excluding tert-OH is 1. The highest BCUT2D eigenvalue weighted by atomic mass is 32.1. The number of rotatable bonds is 4. The lowest BCUT2D eigenvalue weighted by Gasteiger charge is -2.17. The molecule has 0 fully saturated rings. The molecule has 0 radical (unpaired) electrons. The Bertz CT molecular complexity index is 540. The summed E-state index contributed by atoms with van der Waals surface area (Å²) in [6, 6.07) is 1.11. The van der Waals surface area contributed by atoms with Crippen molar-refractivity contribution in [2.75, 3.05) is 20.7 Å². The molecule has 1 aromatic heterocycles. The lowest BCUT2D eigenvalue weighted by molar-refractivity contribution is -0.130. The highest BCUT2D eigenvalue weighted by molar-refractivity contribution is 7.10. The summed E-state index contributed by atoms with van der Waals surface area (Å²) in [6.45, 7) is 1.67. The van der Waals surface area contributed by atoms with Crippen LogP contribution in [0.2, 0.25) is 0 Å². The Hall–Kier alpha value is -1.84. The van der Waals surface area contributed by atoms with Gasteiger partial charge in [0.1, 0.15) is 6.04 Å². The molecule has 0 aliphatic carbocycles. The molecule has 1 aromatic rings. The number of carbonyl (C=O) groups is 2. The van der Waals surface area contributed by atoms with Crippen LogP contribution in [0.5, 0.6) is 0 Å². The van der Waals surface area contributed by atoms with Gasteiger partial charge in [-0.3, -0.25) is 9.59 Å². The number of carbonyl (C=O) groups excluding carboxylic acids is 2. The highest BCUT2D eigenvalue weighted by Gasteiger charge is 2.18. The lowest BCUT2D eigenvalue weighted by atomic mass is 10.2. The van der Waals surface area contributed by atoms with E-state index < -0.39 is 6.04 Å². The molecule has 5 nitrogen and oxygen atoms in total. The first-order valence-electron chi connectivity index (χ1n) is 6.16. The zero-order chi connectivity index (χ0) is 15.1. The van der Waals surface area contributed by atoms with Crippen molar-refractivity contribution >= 4 is 23.2 Å². The van der Waals surface area contributed by atoms with Crippen LogP contribution in [0.1, 0.15) is 28.6 Å². The smallest absolute Gasteiger partial charge is 0.252 e. The predicted octanol–water partition coefficient (Wildman–Crippen LogP) is 0.688. The van der Waals surface area contributed by atoms with Crippen molar-refractivity contribution in [1.29, 1.82) is 0 Å². The van der Waals surface area contributed by atoms with E-state index >= 15 is 0 Å². The van der Waals surface area contributed by atoms with Crippen molar-refractivity contribution in [3.63, 3.8) is 0 Å². The fourth-order valence-electron chi connectivity index (χ4n) is 1.46. The molecule has 1 rings (SSSR count). The minimum atomic E-state index is -0.568. The van der Waals surface area contributed by atoms with Crippen LogP contribution < -0.4 is 5.32 Å². The van der Waals surface area contributed by atoms with Gasteiger partial charge in [-0.25, -0.2) is 0 Å². The highest BCUT2D eigenvalue weighted by Crippen LogP contribution is 2.13. The molecule has 0 aromatic carbocycles. The van der Waals surface area contributed by atoms with E-state index in [1.807, 2.05) is 0 Å². The maximum atomic E-state index is 12.0. The number of likely N-dealkylation sites (N-methyl/N-ethyl adjacent to an activating group) is 1. The number of aliphatic hydroxyl groups is 1. The molecule has 108 valence electrons. The predicted molar refractivity (Wildman–Crippen MR) is 78.5 cm³/mol. The average Bonchev–Trinajstić information content (AvgIpc) is 2.86.